The van der Waals surface area contributed by atoms with E-state index in [4.69, 9.17) is 55.9 Å². The fourth-order valence-corrected chi connectivity index (χ4v) is 7.18. The Labute approximate surface area is 412 Å². The number of ether oxygens (including phenoxy) is 2. The van der Waals surface area contributed by atoms with Gasteiger partial charge in [-0.25, -0.2) is 0 Å². The lowest BCUT2D eigenvalue weighted by atomic mass is 10.1. The molecular formula is C48H46Cl4N8O8. The van der Waals surface area contributed by atoms with Crippen molar-refractivity contribution < 1.29 is 38.2 Å². The number of benzene rings is 5. The van der Waals surface area contributed by atoms with Crippen LogP contribution >= 0.6 is 46.4 Å². The van der Waals surface area contributed by atoms with Crippen LogP contribution in [0.5, 0.6) is 11.5 Å². The second kappa shape index (κ2) is 25.4. The number of carbonyl (C=O) groups is 6. The average Bonchev–Trinajstić information content (AvgIpc) is 3.29. The maximum atomic E-state index is 13.8. The van der Waals surface area contributed by atoms with Gasteiger partial charge in [-0.1, -0.05) is 47.5 Å². The Kier molecular flexibility index (Phi) is 19.5. The van der Waals surface area contributed by atoms with Crippen molar-refractivity contribution in [3.8, 4) is 11.5 Å². The zero-order chi connectivity index (χ0) is 49.3. The number of ketones is 2. The first-order chi connectivity index (χ1) is 32.6. The van der Waals surface area contributed by atoms with Gasteiger partial charge in [-0.15, -0.1) is 23.2 Å². The van der Waals surface area contributed by atoms with Gasteiger partial charge in [-0.05, 0) is 112 Å². The molecule has 4 amide bonds. The minimum absolute atomic E-state index is 0.00654. The molecule has 5 aromatic rings. The number of hydrogen-bond acceptors (Lipinski definition) is 12. The molecule has 0 bridgehead atoms. The lowest BCUT2D eigenvalue weighted by molar-refractivity contribution is -0.127. The number of nitrogens with one attached hydrogen (secondary N) is 4. The van der Waals surface area contributed by atoms with Crippen LogP contribution in [0.4, 0.5) is 34.1 Å². The maximum absolute atomic E-state index is 13.8. The molecule has 0 aliphatic carbocycles. The van der Waals surface area contributed by atoms with Crippen molar-refractivity contribution in [1.82, 2.24) is 0 Å². The van der Waals surface area contributed by atoms with Crippen LogP contribution in [0.15, 0.2) is 118 Å². The zero-order valence-corrected chi connectivity index (χ0v) is 40.2. The molecule has 0 fully saturated rings. The third kappa shape index (κ3) is 14.6. The van der Waals surface area contributed by atoms with E-state index in [9.17, 15) is 28.8 Å². The summed E-state index contributed by atoms with van der Waals surface area (Å²) in [5.74, 6) is -3.26. The van der Waals surface area contributed by atoms with Gasteiger partial charge >= 0.3 is 0 Å². The predicted molar refractivity (Wildman–Crippen MR) is 265 cm³/mol. The number of carbonyl (C=O) groups excluding carboxylic acids is 6. The molecule has 0 spiro atoms. The van der Waals surface area contributed by atoms with Crippen molar-refractivity contribution in [1.29, 1.82) is 0 Å². The van der Waals surface area contributed by atoms with E-state index in [-0.39, 0.29) is 68.6 Å². The second-order valence-electron chi connectivity index (χ2n) is 14.7. The van der Waals surface area contributed by atoms with Crippen molar-refractivity contribution in [3.05, 3.63) is 129 Å². The van der Waals surface area contributed by atoms with Crippen molar-refractivity contribution in [3.63, 3.8) is 0 Å². The molecule has 0 aliphatic heterocycles. The van der Waals surface area contributed by atoms with Gasteiger partial charge in [0.25, 0.3) is 23.6 Å². The summed E-state index contributed by atoms with van der Waals surface area (Å²) in [6.07, 6.45) is 1.23. The van der Waals surface area contributed by atoms with Crippen molar-refractivity contribution in [2.45, 2.75) is 52.6 Å². The normalized spacial score (nSPS) is 12.0. The Balaban J connectivity index is 1.33. The molecule has 0 aliphatic rings. The van der Waals surface area contributed by atoms with Crippen LogP contribution in [-0.2, 0) is 32.0 Å². The molecule has 20 heteroatoms. The van der Waals surface area contributed by atoms with E-state index in [1.54, 1.807) is 50.2 Å². The third-order valence-electron chi connectivity index (χ3n) is 9.55. The van der Waals surface area contributed by atoms with Gasteiger partial charge in [0.1, 0.15) is 17.2 Å². The highest BCUT2D eigenvalue weighted by Gasteiger charge is 2.28. The number of anilines is 4. The number of alkyl halides is 2. The lowest BCUT2D eigenvalue weighted by Crippen LogP contribution is -2.32. The quantitative estimate of drug-likeness (QED) is 0.0296. The van der Waals surface area contributed by atoms with Crippen LogP contribution in [0.3, 0.4) is 0 Å². The van der Waals surface area contributed by atoms with E-state index in [0.717, 1.165) is 25.0 Å². The second-order valence-corrected chi connectivity index (χ2v) is 16.2. The van der Waals surface area contributed by atoms with Gasteiger partial charge in [0.2, 0.25) is 12.1 Å². The van der Waals surface area contributed by atoms with Gasteiger partial charge in [-0.3, -0.25) is 28.8 Å². The monoisotopic (exact) mass is 1000 g/mol. The van der Waals surface area contributed by atoms with Gasteiger partial charge in [0, 0.05) is 41.0 Å². The van der Waals surface area contributed by atoms with E-state index >= 15 is 0 Å². The molecule has 0 saturated heterocycles. The molecule has 5 rings (SSSR count). The summed E-state index contributed by atoms with van der Waals surface area (Å²) in [4.78, 5) is 79.4. The van der Waals surface area contributed by atoms with Crippen molar-refractivity contribution >= 4 is 116 Å². The molecule has 0 aromatic heterocycles. The third-order valence-corrected chi connectivity index (χ3v) is 10.6. The summed E-state index contributed by atoms with van der Waals surface area (Å²) in [7, 11) is 0. The minimum Gasteiger partial charge on any atom is -0.491 e. The SMILES string of the molecule is CCOc1cc(NC(=O)C(N=Nc2ccc(Cl)c(C(=O)Nc3cccc(CCCl)c3)c2)C(C)=O)cc(OCC)c1NC(=O)C(N=Nc1ccc(Cl)c(C(=O)Nc2cccc(CCCl)c2)c1)C(C)=O. The summed E-state index contributed by atoms with van der Waals surface area (Å²) >= 11 is 24.5. The Morgan fingerprint density at radius 3 is 1.37 bits per heavy atom. The fourth-order valence-electron chi connectivity index (χ4n) is 6.33. The molecular weight excluding hydrogens is 958 g/mol. The first kappa shape index (κ1) is 52.3. The zero-order valence-electron chi connectivity index (χ0n) is 37.2. The molecule has 68 heavy (non-hydrogen) atoms. The van der Waals surface area contributed by atoms with E-state index < -0.39 is 47.3 Å². The summed E-state index contributed by atoms with van der Waals surface area (Å²) in [5, 5.41) is 27.3. The van der Waals surface area contributed by atoms with E-state index in [1.165, 1.54) is 48.5 Å². The number of hydrogen-bond donors (Lipinski definition) is 4. The van der Waals surface area contributed by atoms with Gasteiger partial charge in [0.05, 0.1) is 45.8 Å². The lowest BCUT2D eigenvalue weighted by Gasteiger charge is -2.19. The molecule has 2 unspecified atom stereocenters. The summed E-state index contributed by atoms with van der Waals surface area (Å²) < 4.78 is 11.7. The van der Waals surface area contributed by atoms with Crippen molar-refractivity contribution in [2.75, 3.05) is 46.2 Å². The number of Topliss-reactive ketones (excluding diaryl/α,β-unsaturated/α-hetero) is 2. The maximum Gasteiger partial charge on any atom is 0.259 e. The largest absolute Gasteiger partial charge is 0.491 e. The fraction of sp³-hybridized carbons (Fsp3) is 0.250. The summed E-state index contributed by atoms with van der Waals surface area (Å²) in [6.45, 7) is 5.88. The Morgan fingerprint density at radius 1 is 0.544 bits per heavy atom. The van der Waals surface area contributed by atoms with Crippen molar-refractivity contribution in [2.24, 2.45) is 20.5 Å². The number of rotatable bonds is 22. The van der Waals surface area contributed by atoms with E-state index in [1.807, 2.05) is 12.1 Å². The Bertz CT molecular complexity index is 2730. The first-order valence-corrected chi connectivity index (χ1v) is 22.9. The van der Waals surface area contributed by atoms with E-state index in [0.29, 0.717) is 36.0 Å². The van der Waals surface area contributed by atoms with Gasteiger partial charge < -0.3 is 30.7 Å². The first-order valence-electron chi connectivity index (χ1n) is 21.0. The Morgan fingerprint density at radius 2 is 0.971 bits per heavy atom. The minimum atomic E-state index is -1.66. The molecule has 2 atom stereocenters. The molecule has 5 aromatic carbocycles. The number of halogens is 4. The van der Waals surface area contributed by atoms with Gasteiger partial charge in [-0.2, -0.15) is 20.5 Å². The van der Waals surface area contributed by atoms with Crippen LogP contribution in [0, 0.1) is 0 Å². The average molecular weight is 1000 g/mol. The number of nitrogens with zero attached hydrogens (tertiary/aromatic N) is 4. The summed E-state index contributed by atoms with van der Waals surface area (Å²) in [6, 6.07) is 22.4. The molecule has 16 nitrogen and oxygen atoms in total. The molecule has 0 saturated carbocycles. The highest BCUT2D eigenvalue weighted by atomic mass is 35.5. The van der Waals surface area contributed by atoms with E-state index in [2.05, 4.69) is 41.7 Å². The topological polar surface area (TPSA) is 218 Å². The van der Waals surface area contributed by atoms with Gasteiger partial charge in [0.15, 0.2) is 11.6 Å². The number of azo groups is 2. The van der Waals surface area contributed by atoms with Crippen LogP contribution in [0.2, 0.25) is 10.0 Å². The van der Waals surface area contributed by atoms with Crippen LogP contribution in [0.1, 0.15) is 59.5 Å². The highest BCUT2D eigenvalue weighted by Crippen LogP contribution is 2.39. The molecule has 4 N–H and O–H groups in total. The summed E-state index contributed by atoms with van der Waals surface area (Å²) in [5.41, 5.74) is 3.43. The predicted octanol–water partition coefficient (Wildman–Crippen LogP) is 11.2. The number of aryl methyl sites for hydroxylation is 2. The van der Waals surface area contributed by atoms with Crippen LogP contribution in [0.25, 0.3) is 0 Å². The van der Waals surface area contributed by atoms with Crippen LogP contribution in [-0.4, -0.2) is 72.3 Å². The Hall–Kier alpha value is -6.72. The van der Waals surface area contributed by atoms with Crippen LogP contribution < -0.4 is 30.7 Å². The molecule has 0 heterocycles. The highest BCUT2D eigenvalue weighted by molar-refractivity contribution is 6.35. The standard InChI is InChI=1S/C48H46Cl4N8O8/c1-5-67-40-25-35(55-47(65)42(27(3)61)59-57-33-13-15-38(51)36(23-33)45(63)53-31-11-7-9-29(21-31)17-19-49)26-41(68-6-2)44(40)56-48(66)43(28(4)62)60-58-34-14-16-39(52)37(24-34)46(64)54-32-12-8-10-30(22-32)18-20-50/h7-16,21-26,42-43H,5-6,17-20H2,1-4H3,(H,53,63)(H,54,64)(H,55,65)(H,56,66). The molecule has 0 radical (unpaired) electrons. The number of amides is 4. The molecule has 354 valence electrons. The smallest absolute Gasteiger partial charge is 0.259 e.